The molecule has 0 radical (unpaired) electrons. The van der Waals surface area contributed by atoms with E-state index in [0.29, 0.717) is 11.1 Å². The predicted molar refractivity (Wildman–Crippen MR) is 75.3 cm³/mol. The van der Waals surface area contributed by atoms with E-state index in [0.717, 1.165) is 32.8 Å². The number of hydrogen-bond donors (Lipinski definition) is 1. The van der Waals surface area contributed by atoms with E-state index < -0.39 is 0 Å². The third-order valence-corrected chi connectivity index (χ3v) is 3.45. The van der Waals surface area contributed by atoms with Crippen molar-refractivity contribution in [1.29, 1.82) is 0 Å². The quantitative estimate of drug-likeness (QED) is 0.910. The number of amides is 1. The molecular formula is C15H21FN2O2. The Morgan fingerprint density at radius 3 is 2.80 bits per heavy atom. The van der Waals surface area contributed by atoms with Gasteiger partial charge in [0.15, 0.2) is 0 Å². The first kappa shape index (κ1) is 14.9. The van der Waals surface area contributed by atoms with Gasteiger partial charge in [0.1, 0.15) is 5.82 Å². The molecule has 0 spiro atoms. The second-order valence-electron chi connectivity index (χ2n) is 5.25. The van der Waals surface area contributed by atoms with Crippen molar-refractivity contribution in [3.63, 3.8) is 0 Å². The second kappa shape index (κ2) is 6.81. The SMILES string of the molecule is Cc1cc(F)ccc1C(=O)NC(C)CN1CCOCC1. The van der Waals surface area contributed by atoms with E-state index in [-0.39, 0.29) is 17.8 Å². The van der Waals surface area contributed by atoms with Crippen molar-refractivity contribution in [2.75, 3.05) is 32.8 Å². The van der Waals surface area contributed by atoms with E-state index in [9.17, 15) is 9.18 Å². The Bertz CT molecular complexity index is 473. The summed E-state index contributed by atoms with van der Waals surface area (Å²) in [5.41, 5.74) is 1.18. The number of carbonyl (C=O) groups is 1. The maximum Gasteiger partial charge on any atom is 0.251 e. The Morgan fingerprint density at radius 2 is 2.15 bits per heavy atom. The van der Waals surface area contributed by atoms with Gasteiger partial charge in [0, 0.05) is 31.2 Å². The molecule has 1 aromatic rings. The number of hydrogen-bond acceptors (Lipinski definition) is 3. The Labute approximate surface area is 118 Å². The van der Waals surface area contributed by atoms with Crippen LogP contribution in [-0.4, -0.2) is 49.7 Å². The van der Waals surface area contributed by atoms with Crippen molar-refractivity contribution in [2.45, 2.75) is 19.9 Å². The number of morpholine rings is 1. The standard InChI is InChI=1S/C15H21FN2O2/c1-11-9-13(16)3-4-14(11)15(19)17-12(2)10-18-5-7-20-8-6-18/h3-4,9,12H,5-8,10H2,1-2H3,(H,17,19). The Balaban J connectivity index is 1.89. The van der Waals surface area contributed by atoms with Gasteiger partial charge in [0.05, 0.1) is 13.2 Å². The van der Waals surface area contributed by atoms with Gasteiger partial charge in [0.2, 0.25) is 0 Å². The highest BCUT2D eigenvalue weighted by Crippen LogP contribution is 2.10. The molecule has 1 fully saturated rings. The van der Waals surface area contributed by atoms with Crippen molar-refractivity contribution in [1.82, 2.24) is 10.2 Å². The summed E-state index contributed by atoms with van der Waals surface area (Å²) < 4.78 is 18.3. The van der Waals surface area contributed by atoms with Crippen molar-refractivity contribution in [3.05, 3.63) is 35.1 Å². The smallest absolute Gasteiger partial charge is 0.251 e. The molecule has 1 aliphatic heterocycles. The van der Waals surface area contributed by atoms with Crippen LogP contribution in [0.15, 0.2) is 18.2 Å². The average Bonchev–Trinajstić information content (AvgIpc) is 2.39. The molecule has 0 aliphatic carbocycles. The number of carbonyl (C=O) groups excluding carboxylic acids is 1. The number of nitrogens with one attached hydrogen (secondary N) is 1. The third-order valence-electron chi connectivity index (χ3n) is 3.45. The Kier molecular flexibility index (Phi) is 5.09. The molecule has 1 aliphatic rings. The van der Waals surface area contributed by atoms with E-state index in [4.69, 9.17) is 4.74 Å². The molecule has 1 N–H and O–H groups in total. The summed E-state index contributed by atoms with van der Waals surface area (Å²) in [4.78, 5) is 14.4. The fourth-order valence-electron chi connectivity index (χ4n) is 2.40. The molecule has 1 unspecified atom stereocenters. The minimum atomic E-state index is -0.319. The van der Waals surface area contributed by atoms with Crippen LogP contribution in [0.5, 0.6) is 0 Å². The molecule has 110 valence electrons. The number of aryl methyl sites for hydroxylation is 1. The molecular weight excluding hydrogens is 259 g/mol. The summed E-state index contributed by atoms with van der Waals surface area (Å²) in [5.74, 6) is -0.469. The largest absolute Gasteiger partial charge is 0.379 e. The summed E-state index contributed by atoms with van der Waals surface area (Å²) in [6, 6.07) is 4.27. The van der Waals surface area contributed by atoms with Crippen LogP contribution in [0.1, 0.15) is 22.8 Å². The average molecular weight is 280 g/mol. The van der Waals surface area contributed by atoms with Crippen LogP contribution in [0.3, 0.4) is 0 Å². The second-order valence-corrected chi connectivity index (χ2v) is 5.25. The van der Waals surface area contributed by atoms with Gasteiger partial charge in [-0.25, -0.2) is 4.39 Å². The normalized spacial score (nSPS) is 17.8. The van der Waals surface area contributed by atoms with Gasteiger partial charge in [-0.15, -0.1) is 0 Å². The molecule has 20 heavy (non-hydrogen) atoms. The number of benzene rings is 1. The van der Waals surface area contributed by atoms with E-state index >= 15 is 0 Å². The predicted octanol–water partition coefficient (Wildman–Crippen LogP) is 1.58. The number of ether oxygens (including phenoxy) is 1. The highest BCUT2D eigenvalue weighted by Gasteiger charge is 2.16. The van der Waals surface area contributed by atoms with Crippen LogP contribution in [0, 0.1) is 12.7 Å². The van der Waals surface area contributed by atoms with Gasteiger partial charge in [-0.3, -0.25) is 9.69 Å². The summed E-state index contributed by atoms with van der Waals surface area (Å²) in [6.45, 7) is 7.81. The molecule has 5 heteroatoms. The fourth-order valence-corrected chi connectivity index (χ4v) is 2.40. The summed E-state index contributed by atoms with van der Waals surface area (Å²) in [7, 11) is 0. The first-order valence-electron chi connectivity index (χ1n) is 6.93. The monoisotopic (exact) mass is 280 g/mol. The number of halogens is 1. The van der Waals surface area contributed by atoms with Crippen LogP contribution < -0.4 is 5.32 Å². The van der Waals surface area contributed by atoms with Crippen molar-refractivity contribution in [2.24, 2.45) is 0 Å². The molecule has 1 aromatic carbocycles. The Morgan fingerprint density at radius 1 is 1.45 bits per heavy atom. The number of rotatable bonds is 4. The van der Waals surface area contributed by atoms with Gasteiger partial charge in [-0.2, -0.15) is 0 Å². The van der Waals surface area contributed by atoms with E-state index in [1.807, 2.05) is 6.92 Å². The van der Waals surface area contributed by atoms with Crippen LogP contribution in [-0.2, 0) is 4.74 Å². The summed E-state index contributed by atoms with van der Waals surface area (Å²) in [6.07, 6.45) is 0. The van der Waals surface area contributed by atoms with Gasteiger partial charge < -0.3 is 10.1 Å². The lowest BCUT2D eigenvalue weighted by Gasteiger charge is -2.29. The third kappa shape index (κ3) is 4.02. The van der Waals surface area contributed by atoms with Gasteiger partial charge in [0.25, 0.3) is 5.91 Å². The summed E-state index contributed by atoms with van der Waals surface area (Å²) >= 11 is 0. The minimum absolute atomic E-state index is 0.0463. The molecule has 1 heterocycles. The van der Waals surface area contributed by atoms with E-state index in [1.54, 1.807) is 6.92 Å². The molecule has 0 bridgehead atoms. The fraction of sp³-hybridized carbons (Fsp3) is 0.533. The van der Waals surface area contributed by atoms with Crippen LogP contribution in [0.2, 0.25) is 0 Å². The van der Waals surface area contributed by atoms with Gasteiger partial charge in [-0.05, 0) is 37.6 Å². The zero-order chi connectivity index (χ0) is 14.5. The maximum absolute atomic E-state index is 13.0. The lowest BCUT2D eigenvalue weighted by Crippen LogP contribution is -2.46. The van der Waals surface area contributed by atoms with Crippen LogP contribution >= 0.6 is 0 Å². The van der Waals surface area contributed by atoms with Crippen LogP contribution in [0.4, 0.5) is 4.39 Å². The topological polar surface area (TPSA) is 41.6 Å². The van der Waals surface area contributed by atoms with Crippen molar-refractivity contribution >= 4 is 5.91 Å². The summed E-state index contributed by atoms with van der Waals surface area (Å²) in [5, 5.41) is 2.96. The molecule has 2 rings (SSSR count). The number of nitrogens with zero attached hydrogens (tertiary/aromatic N) is 1. The molecule has 1 atom stereocenters. The van der Waals surface area contributed by atoms with Crippen molar-refractivity contribution in [3.8, 4) is 0 Å². The van der Waals surface area contributed by atoms with Crippen LogP contribution in [0.25, 0.3) is 0 Å². The molecule has 1 saturated heterocycles. The zero-order valence-electron chi connectivity index (χ0n) is 12.0. The van der Waals surface area contributed by atoms with Gasteiger partial charge >= 0.3 is 0 Å². The Hall–Kier alpha value is -1.46. The lowest BCUT2D eigenvalue weighted by atomic mass is 10.1. The van der Waals surface area contributed by atoms with Crippen molar-refractivity contribution < 1.29 is 13.9 Å². The molecule has 0 saturated carbocycles. The maximum atomic E-state index is 13.0. The minimum Gasteiger partial charge on any atom is -0.379 e. The lowest BCUT2D eigenvalue weighted by molar-refractivity contribution is 0.0342. The molecule has 4 nitrogen and oxygen atoms in total. The highest BCUT2D eigenvalue weighted by molar-refractivity contribution is 5.95. The van der Waals surface area contributed by atoms with Gasteiger partial charge in [-0.1, -0.05) is 0 Å². The molecule has 1 amide bonds. The zero-order valence-corrected chi connectivity index (χ0v) is 12.0. The molecule has 0 aromatic heterocycles. The van der Waals surface area contributed by atoms with E-state index in [2.05, 4.69) is 10.2 Å². The first-order chi connectivity index (χ1) is 9.56. The van der Waals surface area contributed by atoms with E-state index in [1.165, 1.54) is 18.2 Å². The highest BCUT2D eigenvalue weighted by atomic mass is 19.1. The first-order valence-corrected chi connectivity index (χ1v) is 6.93.